The van der Waals surface area contributed by atoms with E-state index in [0.29, 0.717) is 5.69 Å². The molecule has 0 radical (unpaired) electrons. The van der Waals surface area contributed by atoms with Crippen molar-refractivity contribution in [2.75, 3.05) is 0 Å². The van der Waals surface area contributed by atoms with Gasteiger partial charge in [0.2, 0.25) is 0 Å². The zero-order chi connectivity index (χ0) is 10.9. The van der Waals surface area contributed by atoms with Crippen LogP contribution in [0, 0.1) is 6.92 Å². The first-order valence-electron chi connectivity index (χ1n) is 4.41. The molecule has 0 aromatic carbocycles. The van der Waals surface area contributed by atoms with Crippen LogP contribution in [0.3, 0.4) is 0 Å². The first-order valence-corrected chi connectivity index (χ1v) is 4.41. The topological polar surface area (TPSA) is 64.2 Å². The predicted octanol–water partition coefficient (Wildman–Crippen LogP) is 0.425. The van der Waals surface area contributed by atoms with Gasteiger partial charge >= 0.3 is 5.63 Å². The number of amides is 1. The molecule has 5 heteroatoms. The van der Waals surface area contributed by atoms with Crippen LogP contribution in [0.1, 0.15) is 29.9 Å². The molecule has 0 aliphatic heterocycles. The monoisotopic (exact) mass is 198 g/mol. The molecule has 1 heterocycles. The molecule has 1 aromatic rings. The van der Waals surface area contributed by atoms with Gasteiger partial charge in [-0.2, -0.15) is 0 Å². The lowest BCUT2D eigenvalue weighted by molar-refractivity contribution is 0.0940. The Hall–Kier alpha value is -1.52. The average molecular weight is 198 g/mol. The van der Waals surface area contributed by atoms with E-state index in [4.69, 9.17) is 4.52 Å². The molecular formula is C9H14N2O3. The fraction of sp³-hybridized carbons (Fsp3) is 0.556. The smallest absolute Gasteiger partial charge is 0.350 e. The van der Waals surface area contributed by atoms with Gasteiger partial charge in [0, 0.05) is 13.1 Å². The zero-order valence-electron chi connectivity index (χ0n) is 8.75. The van der Waals surface area contributed by atoms with E-state index in [1.165, 1.54) is 4.74 Å². The van der Waals surface area contributed by atoms with Crippen LogP contribution in [-0.4, -0.2) is 16.7 Å². The van der Waals surface area contributed by atoms with Crippen molar-refractivity contribution in [3.63, 3.8) is 0 Å². The van der Waals surface area contributed by atoms with Crippen LogP contribution in [0.2, 0.25) is 0 Å². The highest BCUT2D eigenvalue weighted by atomic mass is 16.5. The van der Waals surface area contributed by atoms with Crippen LogP contribution in [0.15, 0.2) is 9.32 Å². The van der Waals surface area contributed by atoms with Gasteiger partial charge in [-0.25, -0.2) is 9.53 Å². The summed E-state index contributed by atoms with van der Waals surface area (Å²) in [6, 6.07) is 0.00139. The largest absolute Gasteiger partial charge is 0.370 e. The summed E-state index contributed by atoms with van der Waals surface area (Å²) in [7, 11) is 1.59. The van der Waals surface area contributed by atoms with Crippen LogP contribution in [0.5, 0.6) is 0 Å². The molecular weight excluding hydrogens is 184 g/mol. The van der Waals surface area contributed by atoms with Crippen LogP contribution in [0.4, 0.5) is 0 Å². The van der Waals surface area contributed by atoms with Crippen LogP contribution in [-0.2, 0) is 7.05 Å². The van der Waals surface area contributed by atoms with Crippen molar-refractivity contribution in [3.8, 4) is 0 Å². The molecule has 78 valence electrons. The summed E-state index contributed by atoms with van der Waals surface area (Å²) in [6.45, 7) is 5.33. The average Bonchev–Trinajstić information content (AvgIpc) is 2.25. The van der Waals surface area contributed by atoms with E-state index in [2.05, 4.69) is 5.32 Å². The van der Waals surface area contributed by atoms with Crippen molar-refractivity contribution in [1.29, 1.82) is 0 Å². The Balaban J connectivity index is 3.07. The van der Waals surface area contributed by atoms with Gasteiger partial charge in [0.15, 0.2) is 0 Å². The maximum absolute atomic E-state index is 11.5. The second kappa shape index (κ2) is 3.69. The van der Waals surface area contributed by atoms with Gasteiger partial charge in [0.25, 0.3) is 5.91 Å². The lowest BCUT2D eigenvalue weighted by atomic mass is 10.2. The van der Waals surface area contributed by atoms with E-state index in [1.54, 1.807) is 14.0 Å². The van der Waals surface area contributed by atoms with E-state index < -0.39 is 5.63 Å². The lowest BCUT2D eigenvalue weighted by Gasteiger charge is -2.05. The van der Waals surface area contributed by atoms with Gasteiger partial charge in [0.05, 0.1) is 5.69 Å². The number of nitrogens with one attached hydrogen (secondary N) is 1. The number of carbonyl (C=O) groups is 1. The Kier molecular flexibility index (Phi) is 2.78. The highest BCUT2D eigenvalue weighted by Crippen LogP contribution is 2.02. The Morgan fingerprint density at radius 1 is 1.50 bits per heavy atom. The molecule has 0 atom stereocenters. The Bertz CT molecular complexity index is 401. The summed E-state index contributed by atoms with van der Waals surface area (Å²) in [6.07, 6.45) is 0. The quantitative estimate of drug-likeness (QED) is 0.749. The Labute approximate surface area is 81.7 Å². The zero-order valence-corrected chi connectivity index (χ0v) is 8.75. The van der Waals surface area contributed by atoms with Crippen molar-refractivity contribution in [2.45, 2.75) is 26.8 Å². The van der Waals surface area contributed by atoms with Crippen LogP contribution < -0.4 is 10.9 Å². The Morgan fingerprint density at radius 3 is 2.43 bits per heavy atom. The summed E-state index contributed by atoms with van der Waals surface area (Å²) in [5, 5.41) is 2.64. The summed E-state index contributed by atoms with van der Waals surface area (Å²) < 4.78 is 6.04. The number of hydrogen-bond acceptors (Lipinski definition) is 3. The van der Waals surface area contributed by atoms with Gasteiger partial charge in [-0.3, -0.25) is 4.79 Å². The molecule has 0 bridgehead atoms. The normalized spacial score (nSPS) is 10.6. The summed E-state index contributed by atoms with van der Waals surface area (Å²) in [4.78, 5) is 22.8. The first-order chi connectivity index (χ1) is 6.43. The number of hydrogen-bond donors (Lipinski definition) is 1. The van der Waals surface area contributed by atoms with Crippen LogP contribution >= 0.6 is 0 Å². The molecule has 14 heavy (non-hydrogen) atoms. The lowest BCUT2D eigenvalue weighted by Crippen LogP contribution is -2.33. The number of aryl methyl sites for hydroxylation is 1. The van der Waals surface area contributed by atoms with Crippen molar-refractivity contribution < 1.29 is 9.32 Å². The van der Waals surface area contributed by atoms with Crippen molar-refractivity contribution in [1.82, 2.24) is 10.1 Å². The number of nitrogens with zero attached hydrogens (tertiary/aromatic N) is 1. The maximum atomic E-state index is 11.5. The van der Waals surface area contributed by atoms with Crippen molar-refractivity contribution >= 4 is 5.91 Å². The molecule has 0 saturated heterocycles. The van der Waals surface area contributed by atoms with E-state index in [1.807, 2.05) is 13.8 Å². The minimum Gasteiger partial charge on any atom is -0.350 e. The van der Waals surface area contributed by atoms with Crippen LogP contribution in [0.25, 0.3) is 0 Å². The van der Waals surface area contributed by atoms with Gasteiger partial charge in [-0.1, -0.05) is 0 Å². The summed E-state index contributed by atoms with van der Waals surface area (Å²) >= 11 is 0. The Morgan fingerprint density at radius 2 is 2.07 bits per heavy atom. The standard InChI is InChI=1S/C9H14N2O3/c1-5(2)10-8(12)7-6(3)11(4)14-9(7)13/h5H,1-4H3,(H,10,12). The minimum atomic E-state index is -0.594. The van der Waals surface area contributed by atoms with Gasteiger partial charge < -0.3 is 9.84 Å². The summed E-state index contributed by atoms with van der Waals surface area (Å²) in [5.41, 5.74) is 0.0255. The third-order valence-electron chi connectivity index (χ3n) is 1.90. The second-order valence-corrected chi connectivity index (χ2v) is 3.46. The highest BCUT2D eigenvalue weighted by molar-refractivity contribution is 5.94. The molecule has 0 aliphatic carbocycles. The van der Waals surface area contributed by atoms with Crippen molar-refractivity contribution in [2.24, 2.45) is 7.05 Å². The second-order valence-electron chi connectivity index (χ2n) is 3.46. The first kappa shape index (κ1) is 10.6. The maximum Gasteiger partial charge on any atom is 0.370 e. The molecule has 1 N–H and O–H groups in total. The predicted molar refractivity (Wildman–Crippen MR) is 51.3 cm³/mol. The number of aromatic nitrogens is 1. The van der Waals surface area contributed by atoms with E-state index >= 15 is 0 Å². The third-order valence-corrected chi connectivity index (χ3v) is 1.90. The van der Waals surface area contributed by atoms with E-state index in [0.717, 1.165) is 0 Å². The van der Waals surface area contributed by atoms with Gasteiger partial charge in [-0.05, 0) is 20.8 Å². The molecule has 5 nitrogen and oxygen atoms in total. The molecule has 0 unspecified atom stereocenters. The molecule has 1 rings (SSSR count). The molecule has 0 fully saturated rings. The third kappa shape index (κ3) is 1.86. The fourth-order valence-corrected chi connectivity index (χ4v) is 1.13. The van der Waals surface area contributed by atoms with Gasteiger partial charge in [0.1, 0.15) is 5.56 Å². The van der Waals surface area contributed by atoms with E-state index in [9.17, 15) is 9.59 Å². The highest BCUT2D eigenvalue weighted by Gasteiger charge is 2.19. The SMILES string of the molecule is Cc1c(C(=O)NC(C)C)c(=O)on1C. The molecule has 0 aliphatic rings. The summed E-state index contributed by atoms with van der Waals surface area (Å²) in [5.74, 6) is -0.383. The number of rotatable bonds is 2. The molecule has 0 spiro atoms. The molecule has 0 saturated carbocycles. The van der Waals surface area contributed by atoms with Crippen molar-refractivity contribution in [3.05, 3.63) is 21.7 Å². The van der Waals surface area contributed by atoms with Gasteiger partial charge in [-0.15, -0.1) is 0 Å². The minimum absolute atomic E-state index is 0.00139. The van der Waals surface area contributed by atoms with E-state index in [-0.39, 0.29) is 17.5 Å². The fourth-order valence-electron chi connectivity index (χ4n) is 1.13. The molecule has 1 amide bonds. The number of carbonyl (C=O) groups excluding carboxylic acids is 1. The molecule has 1 aromatic heterocycles.